The molecular formula is C26H21N3O2. The summed E-state index contributed by atoms with van der Waals surface area (Å²) in [5, 5.41) is 12.7. The van der Waals surface area contributed by atoms with Gasteiger partial charge in [-0.1, -0.05) is 66.7 Å². The van der Waals surface area contributed by atoms with Gasteiger partial charge in [0.15, 0.2) is 0 Å². The SMILES string of the molecule is Cc1cncc(CCC(=O)Nc2oc(-c3ccccc3)c(-c3ccccc3)c2C#N)c1. The Morgan fingerprint density at radius 3 is 2.35 bits per heavy atom. The van der Waals surface area contributed by atoms with E-state index in [2.05, 4.69) is 16.4 Å². The molecule has 0 fully saturated rings. The molecule has 0 aliphatic rings. The van der Waals surface area contributed by atoms with Crippen LogP contribution in [0.2, 0.25) is 0 Å². The third-order valence-corrected chi connectivity index (χ3v) is 4.94. The van der Waals surface area contributed by atoms with Gasteiger partial charge in [0.1, 0.15) is 17.4 Å². The summed E-state index contributed by atoms with van der Waals surface area (Å²) >= 11 is 0. The number of amides is 1. The largest absolute Gasteiger partial charge is 0.438 e. The van der Waals surface area contributed by atoms with Gasteiger partial charge in [0.25, 0.3) is 0 Å². The van der Waals surface area contributed by atoms with Crippen molar-refractivity contribution < 1.29 is 9.21 Å². The van der Waals surface area contributed by atoms with Gasteiger partial charge in [-0.05, 0) is 30.0 Å². The number of hydrogen-bond acceptors (Lipinski definition) is 4. The number of furan rings is 1. The van der Waals surface area contributed by atoms with Gasteiger partial charge in [0.2, 0.25) is 11.8 Å². The highest BCUT2D eigenvalue weighted by Crippen LogP contribution is 2.41. The van der Waals surface area contributed by atoms with Crippen molar-refractivity contribution in [1.29, 1.82) is 5.26 Å². The summed E-state index contributed by atoms with van der Waals surface area (Å²) in [4.78, 5) is 16.8. The molecular weight excluding hydrogens is 386 g/mol. The van der Waals surface area contributed by atoms with Gasteiger partial charge in [-0.3, -0.25) is 15.1 Å². The minimum absolute atomic E-state index is 0.174. The molecule has 0 aliphatic heterocycles. The van der Waals surface area contributed by atoms with E-state index in [4.69, 9.17) is 4.42 Å². The van der Waals surface area contributed by atoms with Crippen LogP contribution in [0.15, 0.2) is 83.5 Å². The highest BCUT2D eigenvalue weighted by molar-refractivity contribution is 5.95. The van der Waals surface area contributed by atoms with Gasteiger partial charge >= 0.3 is 0 Å². The molecule has 5 heteroatoms. The third kappa shape index (κ3) is 4.54. The maximum absolute atomic E-state index is 12.6. The average molecular weight is 407 g/mol. The van der Waals surface area contributed by atoms with Crippen molar-refractivity contribution in [1.82, 2.24) is 4.98 Å². The first-order chi connectivity index (χ1) is 15.2. The second-order valence-corrected chi connectivity index (χ2v) is 7.27. The Labute approximate surface area is 181 Å². The molecule has 0 radical (unpaired) electrons. The second kappa shape index (κ2) is 9.10. The quantitative estimate of drug-likeness (QED) is 0.441. The molecule has 0 spiro atoms. The number of aryl methyl sites for hydroxylation is 2. The Kier molecular flexibility index (Phi) is 5.91. The second-order valence-electron chi connectivity index (χ2n) is 7.27. The summed E-state index contributed by atoms with van der Waals surface area (Å²) in [6, 6.07) is 23.4. The van der Waals surface area contributed by atoms with Gasteiger partial charge in [-0.25, -0.2) is 0 Å². The van der Waals surface area contributed by atoms with Crippen LogP contribution in [0, 0.1) is 18.3 Å². The van der Waals surface area contributed by atoms with Crippen molar-refractivity contribution in [2.24, 2.45) is 0 Å². The van der Waals surface area contributed by atoms with Crippen molar-refractivity contribution in [3.63, 3.8) is 0 Å². The van der Waals surface area contributed by atoms with Crippen LogP contribution in [0.1, 0.15) is 23.1 Å². The monoisotopic (exact) mass is 407 g/mol. The predicted octanol–water partition coefficient (Wildman–Crippen LogP) is 5.76. The molecule has 0 atom stereocenters. The third-order valence-electron chi connectivity index (χ3n) is 4.94. The van der Waals surface area contributed by atoms with E-state index in [-0.39, 0.29) is 18.2 Å². The fourth-order valence-corrected chi connectivity index (χ4v) is 3.50. The lowest BCUT2D eigenvalue weighted by molar-refractivity contribution is -0.116. The number of hydrogen-bond donors (Lipinski definition) is 1. The first-order valence-corrected chi connectivity index (χ1v) is 10.0. The van der Waals surface area contributed by atoms with Crippen LogP contribution < -0.4 is 5.32 Å². The Morgan fingerprint density at radius 2 is 1.71 bits per heavy atom. The predicted molar refractivity (Wildman–Crippen MR) is 120 cm³/mol. The van der Waals surface area contributed by atoms with E-state index in [9.17, 15) is 10.1 Å². The maximum atomic E-state index is 12.6. The summed E-state index contributed by atoms with van der Waals surface area (Å²) in [5.74, 6) is 0.514. The zero-order valence-corrected chi connectivity index (χ0v) is 17.1. The van der Waals surface area contributed by atoms with E-state index in [1.54, 1.807) is 12.4 Å². The van der Waals surface area contributed by atoms with E-state index in [0.29, 0.717) is 23.3 Å². The fourth-order valence-electron chi connectivity index (χ4n) is 3.50. The molecule has 1 amide bonds. The van der Waals surface area contributed by atoms with E-state index in [0.717, 1.165) is 22.3 Å². The van der Waals surface area contributed by atoms with Crippen molar-refractivity contribution in [2.45, 2.75) is 19.8 Å². The van der Waals surface area contributed by atoms with Crippen LogP contribution in [0.5, 0.6) is 0 Å². The van der Waals surface area contributed by atoms with Crippen LogP contribution in [-0.4, -0.2) is 10.9 Å². The van der Waals surface area contributed by atoms with Crippen LogP contribution in [-0.2, 0) is 11.2 Å². The molecule has 31 heavy (non-hydrogen) atoms. The zero-order chi connectivity index (χ0) is 21.6. The number of nitrogens with one attached hydrogen (secondary N) is 1. The number of aromatic nitrogens is 1. The lowest BCUT2D eigenvalue weighted by Crippen LogP contribution is -2.12. The fraction of sp³-hybridized carbons (Fsp3) is 0.115. The molecule has 152 valence electrons. The molecule has 2 heterocycles. The van der Waals surface area contributed by atoms with E-state index < -0.39 is 0 Å². The number of anilines is 1. The lowest BCUT2D eigenvalue weighted by atomic mass is 9.98. The summed E-state index contributed by atoms with van der Waals surface area (Å²) in [6.07, 6.45) is 4.36. The number of pyridine rings is 1. The van der Waals surface area contributed by atoms with E-state index in [1.165, 1.54) is 0 Å². The van der Waals surface area contributed by atoms with Gasteiger partial charge < -0.3 is 4.42 Å². The van der Waals surface area contributed by atoms with Gasteiger partial charge in [0.05, 0.1) is 0 Å². The van der Waals surface area contributed by atoms with Gasteiger partial charge in [-0.15, -0.1) is 0 Å². The molecule has 0 saturated carbocycles. The molecule has 5 nitrogen and oxygen atoms in total. The van der Waals surface area contributed by atoms with Gasteiger partial charge in [-0.2, -0.15) is 5.26 Å². The standard InChI is InChI=1S/C26H21N3O2/c1-18-14-19(17-28-16-18)12-13-23(30)29-26-22(15-27)24(20-8-4-2-5-9-20)25(31-26)21-10-6-3-7-11-21/h2-11,14,16-17H,12-13H2,1H3,(H,29,30). The van der Waals surface area contributed by atoms with E-state index >= 15 is 0 Å². The Morgan fingerprint density at radius 1 is 1.03 bits per heavy atom. The number of rotatable bonds is 6. The molecule has 0 bridgehead atoms. The molecule has 1 N–H and O–H groups in total. The molecule has 0 saturated heterocycles. The van der Waals surface area contributed by atoms with Crippen LogP contribution >= 0.6 is 0 Å². The number of nitrogens with zero attached hydrogens (tertiary/aromatic N) is 2. The molecule has 4 rings (SSSR count). The van der Waals surface area contributed by atoms with Crippen molar-refractivity contribution in [3.05, 3.63) is 95.8 Å². The molecule has 0 unspecified atom stereocenters. The topological polar surface area (TPSA) is 78.9 Å². The Balaban J connectivity index is 1.66. The number of nitriles is 1. The van der Waals surface area contributed by atoms with Crippen LogP contribution in [0.3, 0.4) is 0 Å². The van der Waals surface area contributed by atoms with Gasteiger partial charge in [0, 0.05) is 29.9 Å². The first-order valence-electron chi connectivity index (χ1n) is 10.0. The smallest absolute Gasteiger partial charge is 0.227 e. The van der Waals surface area contributed by atoms with Crippen molar-refractivity contribution >= 4 is 11.8 Å². The average Bonchev–Trinajstić information content (AvgIpc) is 3.17. The minimum atomic E-state index is -0.217. The van der Waals surface area contributed by atoms with Crippen molar-refractivity contribution in [2.75, 3.05) is 5.32 Å². The Bertz CT molecular complexity index is 1240. The highest BCUT2D eigenvalue weighted by atomic mass is 16.4. The van der Waals surface area contributed by atoms with Crippen LogP contribution in [0.4, 0.5) is 5.88 Å². The minimum Gasteiger partial charge on any atom is -0.438 e. The lowest BCUT2D eigenvalue weighted by Gasteiger charge is -2.04. The maximum Gasteiger partial charge on any atom is 0.227 e. The molecule has 4 aromatic rings. The summed E-state index contributed by atoms with van der Waals surface area (Å²) in [5.41, 5.74) is 4.72. The molecule has 2 aromatic heterocycles. The highest BCUT2D eigenvalue weighted by Gasteiger charge is 2.24. The van der Waals surface area contributed by atoms with E-state index in [1.807, 2.05) is 73.7 Å². The number of carbonyl (C=O) groups excluding carboxylic acids is 1. The first kappa shape index (κ1) is 20.1. The zero-order valence-electron chi connectivity index (χ0n) is 17.1. The van der Waals surface area contributed by atoms with Crippen molar-refractivity contribution in [3.8, 4) is 28.5 Å². The summed E-state index contributed by atoms with van der Waals surface area (Å²) in [7, 11) is 0. The summed E-state index contributed by atoms with van der Waals surface area (Å²) in [6.45, 7) is 1.97. The number of benzene rings is 2. The molecule has 0 aliphatic carbocycles. The number of carbonyl (C=O) groups is 1. The summed E-state index contributed by atoms with van der Waals surface area (Å²) < 4.78 is 6.05. The Hall–Kier alpha value is -4.17. The van der Waals surface area contributed by atoms with Crippen LogP contribution in [0.25, 0.3) is 22.5 Å². The normalized spacial score (nSPS) is 10.5. The molecule has 2 aromatic carbocycles.